The Kier molecular flexibility index (Phi) is 8.61. The quantitative estimate of drug-likeness (QED) is 0.346. The molecule has 0 aliphatic rings. The molecule has 0 radical (unpaired) electrons. The highest BCUT2D eigenvalue weighted by Gasteiger charge is 2.27. The summed E-state index contributed by atoms with van der Waals surface area (Å²) in [6.07, 6.45) is 5.77. The number of rotatable bonds is 11. The van der Waals surface area contributed by atoms with Crippen LogP contribution in [0.2, 0.25) is 0 Å². The number of sulfonamides is 1. The van der Waals surface area contributed by atoms with E-state index in [0.29, 0.717) is 24.3 Å². The van der Waals surface area contributed by atoms with Crippen molar-refractivity contribution >= 4 is 21.8 Å². The van der Waals surface area contributed by atoms with E-state index >= 15 is 0 Å². The zero-order valence-corrected chi connectivity index (χ0v) is 20.6. The number of hydrogen-bond donors (Lipinski definition) is 3. The second kappa shape index (κ2) is 11.6. The molecule has 35 heavy (non-hydrogen) atoms. The number of carbonyl (C=O) groups excluding carboxylic acids is 2. The first kappa shape index (κ1) is 25.9. The third kappa shape index (κ3) is 6.90. The van der Waals surface area contributed by atoms with Crippen LogP contribution in [-0.2, 0) is 21.4 Å². The number of carbonyl (C=O) groups is 2. The number of imidazole rings is 1. The molecular formula is C24H29N5O5S. The number of nitrogens with zero attached hydrogens (tertiary/aromatic N) is 2. The second-order valence-corrected chi connectivity index (χ2v) is 9.72. The van der Waals surface area contributed by atoms with Gasteiger partial charge < -0.3 is 14.6 Å². The molecule has 0 spiro atoms. The minimum absolute atomic E-state index is 0.0440. The maximum atomic E-state index is 13.0. The lowest BCUT2D eigenvalue weighted by Crippen LogP contribution is -2.54. The van der Waals surface area contributed by atoms with Crippen molar-refractivity contribution < 1.29 is 22.7 Å². The topological polar surface area (TPSA) is 131 Å². The smallest absolute Gasteiger partial charge is 0.257 e. The van der Waals surface area contributed by atoms with E-state index in [1.54, 1.807) is 37.6 Å². The largest absolute Gasteiger partial charge is 0.497 e. The first-order chi connectivity index (χ1) is 16.7. The predicted octanol–water partition coefficient (Wildman–Crippen LogP) is 2.09. The Balaban J connectivity index is 1.68. The van der Waals surface area contributed by atoms with Gasteiger partial charge in [0.05, 0.1) is 18.3 Å². The lowest BCUT2D eigenvalue weighted by molar-refractivity contribution is -0.124. The van der Waals surface area contributed by atoms with E-state index in [0.717, 1.165) is 5.56 Å². The Morgan fingerprint density at radius 1 is 1.14 bits per heavy atom. The van der Waals surface area contributed by atoms with Crippen molar-refractivity contribution in [2.24, 2.45) is 5.92 Å². The maximum Gasteiger partial charge on any atom is 0.257 e. The average molecular weight is 500 g/mol. The monoisotopic (exact) mass is 499 g/mol. The summed E-state index contributed by atoms with van der Waals surface area (Å²) < 4.78 is 32.0. The Hall–Kier alpha value is -3.70. The van der Waals surface area contributed by atoms with Crippen LogP contribution >= 0.6 is 0 Å². The van der Waals surface area contributed by atoms with Crippen LogP contribution < -0.4 is 20.3 Å². The molecule has 0 fully saturated rings. The Morgan fingerprint density at radius 2 is 1.89 bits per heavy atom. The zero-order valence-electron chi connectivity index (χ0n) is 19.8. The van der Waals surface area contributed by atoms with Crippen LogP contribution in [0.1, 0.15) is 36.2 Å². The SMILES string of the molecule is CC[C@H](C)[C@H](NC(=O)c1cccc(Cn2ccnc2)c1)C(=O)NNS(=O)(=O)c1ccc(OC)cc1. The molecule has 1 heterocycles. The van der Waals surface area contributed by atoms with E-state index < -0.39 is 27.9 Å². The highest BCUT2D eigenvalue weighted by atomic mass is 32.2. The van der Waals surface area contributed by atoms with Gasteiger partial charge in [0.25, 0.3) is 21.8 Å². The van der Waals surface area contributed by atoms with Crippen molar-refractivity contribution in [3.8, 4) is 5.75 Å². The summed E-state index contributed by atoms with van der Waals surface area (Å²) in [5.74, 6) is -0.851. The molecule has 11 heteroatoms. The number of nitrogens with one attached hydrogen (secondary N) is 3. The summed E-state index contributed by atoms with van der Waals surface area (Å²) in [4.78, 5) is 31.9. The molecule has 0 aliphatic carbocycles. The van der Waals surface area contributed by atoms with Crippen LogP contribution in [0.15, 0.2) is 72.1 Å². The van der Waals surface area contributed by atoms with E-state index in [-0.39, 0.29) is 10.8 Å². The number of benzene rings is 2. The van der Waals surface area contributed by atoms with Gasteiger partial charge in [0.2, 0.25) is 0 Å². The predicted molar refractivity (Wildman–Crippen MR) is 130 cm³/mol. The molecular weight excluding hydrogens is 470 g/mol. The van der Waals surface area contributed by atoms with E-state index in [4.69, 9.17) is 4.74 Å². The van der Waals surface area contributed by atoms with E-state index in [1.165, 1.54) is 31.4 Å². The minimum atomic E-state index is -4.02. The normalized spacial score (nSPS) is 13.0. The fourth-order valence-corrected chi connectivity index (χ4v) is 4.18. The van der Waals surface area contributed by atoms with Gasteiger partial charge >= 0.3 is 0 Å². The highest BCUT2D eigenvalue weighted by molar-refractivity contribution is 7.89. The van der Waals surface area contributed by atoms with Gasteiger partial charge in [-0.15, -0.1) is 4.83 Å². The van der Waals surface area contributed by atoms with Gasteiger partial charge in [-0.2, -0.15) is 0 Å². The molecule has 2 aromatic carbocycles. The third-order valence-corrected chi connectivity index (χ3v) is 6.84. The lowest BCUT2D eigenvalue weighted by atomic mass is 9.98. The van der Waals surface area contributed by atoms with Crippen molar-refractivity contribution in [2.75, 3.05) is 7.11 Å². The van der Waals surface area contributed by atoms with Gasteiger partial charge in [-0.1, -0.05) is 32.4 Å². The summed E-state index contributed by atoms with van der Waals surface area (Å²) in [7, 11) is -2.54. The molecule has 2 amide bonds. The van der Waals surface area contributed by atoms with Crippen LogP contribution in [0.5, 0.6) is 5.75 Å². The standard InChI is InChI=1S/C24H29N5O5S/c1-4-17(2)22(24(31)27-28-35(32,33)21-10-8-20(34-3)9-11-21)26-23(30)19-7-5-6-18(14-19)15-29-13-12-25-16-29/h5-14,16-17,22,28H,4,15H2,1-3H3,(H,26,30)(H,27,31)/t17-,22-/m0/s1. The molecule has 1 aromatic heterocycles. The van der Waals surface area contributed by atoms with Crippen molar-refractivity contribution in [1.82, 2.24) is 25.1 Å². The molecule has 2 atom stereocenters. The number of methoxy groups -OCH3 is 1. The van der Waals surface area contributed by atoms with Crippen LogP contribution in [0.25, 0.3) is 0 Å². The molecule has 0 bridgehead atoms. The van der Waals surface area contributed by atoms with Crippen molar-refractivity contribution in [3.63, 3.8) is 0 Å². The molecule has 3 N–H and O–H groups in total. The minimum Gasteiger partial charge on any atom is -0.497 e. The summed E-state index contributed by atoms with van der Waals surface area (Å²) in [5, 5.41) is 2.74. The first-order valence-electron chi connectivity index (χ1n) is 11.0. The maximum absolute atomic E-state index is 13.0. The van der Waals surface area contributed by atoms with Gasteiger partial charge in [-0.3, -0.25) is 15.0 Å². The third-order valence-electron chi connectivity index (χ3n) is 5.57. The number of amides is 2. The molecule has 3 rings (SSSR count). The second-order valence-electron chi connectivity index (χ2n) is 8.04. The Morgan fingerprint density at radius 3 is 2.51 bits per heavy atom. The van der Waals surface area contributed by atoms with Crippen LogP contribution in [0, 0.1) is 5.92 Å². The van der Waals surface area contributed by atoms with Crippen molar-refractivity contribution in [1.29, 1.82) is 0 Å². The summed E-state index contributed by atoms with van der Waals surface area (Å²) in [6.45, 7) is 4.23. The Bertz CT molecular complexity index is 1240. The fourth-order valence-electron chi connectivity index (χ4n) is 3.34. The Labute approximate surface area is 204 Å². The lowest BCUT2D eigenvalue weighted by Gasteiger charge is -2.23. The molecule has 3 aromatic rings. The molecule has 0 unspecified atom stereocenters. The van der Waals surface area contributed by atoms with E-state index in [9.17, 15) is 18.0 Å². The molecule has 0 saturated heterocycles. The van der Waals surface area contributed by atoms with E-state index in [2.05, 4.69) is 20.6 Å². The van der Waals surface area contributed by atoms with Crippen LogP contribution in [0.3, 0.4) is 0 Å². The fraction of sp³-hybridized carbons (Fsp3) is 0.292. The average Bonchev–Trinajstić information content (AvgIpc) is 3.38. The first-order valence-corrected chi connectivity index (χ1v) is 12.5. The molecule has 186 valence electrons. The summed E-state index contributed by atoms with van der Waals surface area (Å²) >= 11 is 0. The number of hydrazine groups is 1. The van der Waals surface area contributed by atoms with Gasteiger partial charge in [0.1, 0.15) is 11.8 Å². The number of hydrogen-bond acceptors (Lipinski definition) is 6. The van der Waals surface area contributed by atoms with Crippen LogP contribution in [0.4, 0.5) is 0 Å². The summed E-state index contributed by atoms with van der Waals surface area (Å²) in [6, 6.07) is 11.8. The zero-order chi connectivity index (χ0) is 25.4. The van der Waals surface area contributed by atoms with Gasteiger partial charge in [0, 0.05) is 24.5 Å². The molecule has 0 saturated carbocycles. The van der Waals surface area contributed by atoms with Gasteiger partial charge in [-0.05, 0) is 47.9 Å². The number of aromatic nitrogens is 2. The molecule has 0 aliphatic heterocycles. The molecule has 10 nitrogen and oxygen atoms in total. The van der Waals surface area contributed by atoms with Gasteiger partial charge in [-0.25, -0.2) is 13.4 Å². The van der Waals surface area contributed by atoms with Crippen molar-refractivity contribution in [2.45, 2.75) is 37.8 Å². The number of ether oxygens (including phenoxy) is 1. The van der Waals surface area contributed by atoms with Crippen LogP contribution in [-0.4, -0.2) is 42.9 Å². The van der Waals surface area contributed by atoms with Gasteiger partial charge in [0.15, 0.2) is 0 Å². The highest BCUT2D eigenvalue weighted by Crippen LogP contribution is 2.15. The summed E-state index contributed by atoms with van der Waals surface area (Å²) in [5.41, 5.74) is 3.52. The van der Waals surface area contributed by atoms with Crippen molar-refractivity contribution in [3.05, 3.63) is 78.4 Å². The van der Waals surface area contributed by atoms with E-state index in [1.807, 2.05) is 23.8 Å².